The Morgan fingerprint density at radius 3 is 2.86 bits per heavy atom. The molecular formula is C16H22N4OS. The van der Waals surface area contributed by atoms with Gasteiger partial charge in [0.2, 0.25) is 5.91 Å². The van der Waals surface area contributed by atoms with Crippen molar-refractivity contribution in [1.29, 1.82) is 0 Å². The van der Waals surface area contributed by atoms with E-state index in [4.69, 9.17) is 0 Å². The van der Waals surface area contributed by atoms with E-state index in [1.54, 1.807) is 11.3 Å². The van der Waals surface area contributed by atoms with Crippen molar-refractivity contribution in [2.45, 2.75) is 58.9 Å². The van der Waals surface area contributed by atoms with Gasteiger partial charge in [0.1, 0.15) is 5.01 Å². The van der Waals surface area contributed by atoms with Crippen molar-refractivity contribution in [1.82, 2.24) is 20.5 Å². The molecule has 2 heterocycles. The summed E-state index contributed by atoms with van der Waals surface area (Å²) in [5, 5.41) is 11.2. The van der Waals surface area contributed by atoms with Gasteiger partial charge in [-0.1, -0.05) is 0 Å². The lowest BCUT2D eigenvalue weighted by molar-refractivity contribution is -0.121. The summed E-state index contributed by atoms with van der Waals surface area (Å²) in [6, 6.07) is 0. The van der Waals surface area contributed by atoms with Gasteiger partial charge in [-0.25, -0.2) is 4.98 Å². The zero-order chi connectivity index (χ0) is 15.5. The maximum atomic E-state index is 12.0. The number of fused-ring (bicyclic) bond motifs is 1. The number of aromatic amines is 1. The molecule has 118 valence electrons. The highest BCUT2D eigenvalue weighted by molar-refractivity contribution is 7.11. The normalized spacial score (nSPS) is 13.9. The molecule has 0 fully saturated rings. The molecule has 5 nitrogen and oxygen atoms in total. The molecule has 2 aromatic rings. The average Bonchev–Trinajstić information content (AvgIpc) is 3.07. The van der Waals surface area contributed by atoms with Crippen LogP contribution in [-0.2, 0) is 30.6 Å². The Kier molecular flexibility index (Phi) is 4.57. The van der Waals surface area contributed by atoms with Crippen LogP contribution in [0.2, 0.25) is 0 Å². The molecule has 22 heavy (non-hydrogen) atoms. The molecule has 1 aliphatic carbocycles. The molecule has 1 amide bonds. The first-order valence-corrected chi connectivity index (χ1v) is 8.69. The molecule has 2 aromatic heterocycles. The maximum absolute atomic E-state index is 12.0. The van der Waals surface area contributed by atoms with Crippen LogP contribution in [-0.4, -0.2) is 21.1 Å². The molecule has 0 aliphatic heterocycles. The van der Waals surface area contributed by atoms with Crippen LogP contribution in [0.4, 0.5) is 0 Å². The lowest BCUT2D eigenvalue weighted by Crippen LogP contribution is -2.23. The van der Waals surface area contributed by atoms with Gasteiger partial charge in [0.15, 0.2) is 0 Å². The minimum atomic E-state index is 0.0632. The minimum Gasteiger partial charge on any atom is -0.350 e. The Morgan fingerprint density at radius 1 is 1.32 bits per heavy atom. The summed E-state index contributed by atoms with van der Waals surface area (Å²) >= 11 is 1.75. The first kappa shape index (κ1) is 15.2. The number of carbonyl (C=O) groups excluding carboxylic acids is 1. The van der Waals surface area contributed by atoms with Gasteiger partial charge >= 0.3 is 0 Å². The van der Waals surface area contributed by atoms with Crippen LogP contribution in [0.1, 0.15) is 51.8 Å². The predicted molar refractivity (Wildman–Crippen MR) is 87.0 cm³/mol. The number of nitrogens with one attached hydrogen (secondary N) is 2. The van der Waals surface area contributed by atoms with Gasteiger partial charge < -0.3 is 5.32 Å². The average molecular weight is 318 g/mol. The molecular weight excluding hydrogens is 296 g/mol. The second kappa shape index (κ2) is 6.60. The third-order valence-corrected chi connectivity index (χ3v) is 5.43. The van der Waals surface area contributed by atoms with E-state index in [0.29, 0.717) is 19.4 Å². The van der Waals surface area contributed by atoms with Gasteiger partial charge in [0, 0.05) is 23.4 Å². The Balaban J connectivity index is 1.48. The third kappa shape index (κ3) is 3.38. The number of rotatable bonds is 5. The maximum Gasteiger partial charge on any atom is 0.220 e. The summed E-state index contributed by atoms with van der Waals surface area (Å²) in [5.74, 6) is 0.0632. The van der Waals surface area contributed by atoms with Crippen molar-refractivity contribution in [3.8, 4) is 0 Å². The van der Waals surface area contributed by atoms with Gasteiger partial charge in [-0.2, -0.15) is 5.10 Å². The highest BCUT2D eigenvalue weighted by atomic mass is 32.1. The third-order valence-electron chi connectivity index (χ3n) is 4.27. The van der Waals surface area contributed by atoms with Gasteiger partial charge in [-0.15, -0.1) is 11.3 Å². The number of nitrogens with zero attached hydrogens (tertiary/aromatic N) is 2. The second-order valence-electron chi connectivity index (χ2n) is 5.88. The molecule has 0 unspecified atom stereocenters. The molecule has 0 saturated carbocycles. The van der Waals surface area contributed by atoms with Crippen LogP contribution in [0.5, 0.6) is 0 Å². The first-order chi connectivity index (χ1) is 10.6. The van der Waals surface area contributed by atoms with E-state index < -0.39 is 0 Å². The lowest BCUT2D eigenvalue weighted by atomic mass is 10.0. The number of aromatic nitrogens is 3. The molecule has 0 bridgehead atoms. The summed E-state index contributed by atoms with van der Waals surface area (Å²) in [6.07, 6.45) is 5.90. The van der Waals surface area contributed by atoms with E-state index in [9.17, 15) is 4.79 Å². The fourth-order valence-corrected chi connectivity index (χ4v) is 3.85. The van der Waals surface area contributed by atoms with Crippen LogP contribution < -0.4 is 5.32 Å². The van der Waals surface area contributed by atoms with Gasteiger partial charge in [0.05, 0.1) is 17.9 Å². The van der Waals surface area contributed by atoms with Crippen LogP contribution in [0, 0.1) is 13.8 Å². The zero-order valence-electron chi connectivity index (χ0n) is 13.2. The number of carbonyl (C=O) groups is 1. The van der Waals surface area contributed by atoms with Crippen molar-refractivity contribution in [3.63, 3.8) is 0 Å². The SMILES string of the molecule is Cc1[nH]nc(CCC(=O)NCc2nc3c(s2)CCCC3)c1C. The first-order valence-electron chi connectivity index (χ1n) is 7.88. The van der Waals surface area contributed by atoms with Crippen LogP contribution in [0.3, 0.4) is 0 Å². The van der Waals surface area contributed by atoms with Crippen molar-refractivity contribution in [2.24, 2.45) is 0 Å². The van der Waals surface area contributed by atoms with Crippen molar-refractivity contribution >= 4 is 17.2 Å². The van der Waals surface area contributed by atoms with Gasteiger partial charge in [-0.3, -0.25) is 9.89 Å². The number of hydrogen-bond donors (Lipinski definition) is 2. The van der Waals surface area contributed by atoms with Gasteiger partial charge in [-0.05, 0) is 45.1 Å². The number of H-pyrrole nitrogens is 1. The molecule has 0 aromatic carbocycles. The Hall–Kier alpha value is -1.69. The molecule has 1 aliphatic rings. The molecule has 3 rings (SSSR count). The topological polar surface area (TPSA) is 70.7 Å². The molecule has 0 atom stereocenters. The van der Waals surface area contributed by atoms with Crippen LogP contribution in [0.25, 0.3) is 0 Å². The monoisotopic (exact) mass is 318 g/mol. The quantitative estimate of drug-likeness (QED) is 0.890. The standard InChI is InChI=1S/C16H22N4OS/c1-10-11(2)19-20-12(10)7-8-15(21)17-9-16-18-13-5-3-4-6-14(13)22-16/h3-9H2,1-2H3,(H,17,21)(H,19,20). The van der Waals surface area contributed by atoms with E-state index >= 15 is 0 Å². The highest BCUT2D eigenvalue weighted by Crippen LogP contribution is 2.26. The number of amides is 1. The molecule has 0 saturated heterocycles. The van der Waals surface area contributed by atoms with E-state index in [2.05, 4.69) is 20.5 Å². The number of aryl methyl sites for hydroxylation is 4. The summed E-state index contributed by atoms with van der Waals surface area (Å²) in [7, 11) is 0. The van der Waals surface area contributed by atoms with E-state index in [-0.39, 0.29) is 5.91 Å². The van der Waals surface area contributed by atoms with Gasteiger partial charge in [0.25, 0.3) is 0 Å². The minimum absolute atomic E-state index is 0.0632. The Bertz CT molecular complexity index is 650. The lowest BCUT2D eigenvalue weighted by Gasteiger charge is -2.06. The fraction of sp³-hybridized carbons (Fsp3) is 0.562. The summed E-state index contributed by atoms with van der Waals surface area (Å²) < 4.78 is 0. The summed E-state index contributed by atoms with van der Waals surface area (Å²) in [5.41, 5.74) is 4.46. The smallest absolute Gasteiger partial charge is 0.220 e. The molecule has 2 N–H and O–H groups in total. The van der Waals surface area contributed by atoms with E-state index in [1.165, 1.54) is 23.4 Å². The fourth-order valence-electron chi connectivity index (χ4n) is 2.75. The Morgan fingerprint density at radius 2 is 2.14 bits per heavy atom. The van der Waals surface area contributed by atoms with Crippen LogP contribution >= 0.6 is 11.3 Å². The largest absolute Gasteiger partial charge is 0.350 e. The highest BCUT2D eigenvalue weighted by Gasteiger charge is 2.15. The zero-order valence-corrected chi connectivity index (χ0v) is 14.0. The number of thiazole rings is 1. The second-order valence-corrected chi connectivity index (χ2v) is 7.05. The van der Waals surface area contributed by atoms with E-state index in [1.807, 2.05) is 13.8 Å². The molecule has 0 radical (unpaired) electrons. The number of hydrogen-bond acceptors (Lipinski definition) is 4. The van der Waals surface area contributed by atoms with E-state index in [0.717, 1.165) is 34.8 Å². The Labute approximate surface area is 134 Å². The van der Waals surface area contributed by atoms with Crippen molar-refractivity contribution in [3.05, 3.63) is 32.5 Å². The van der Waals surface area contributed by atoms with Crippen LogP contribution in [0.15, 0.2) is 0 Å². The molecule has 6 heteroatoms. The van der Waals surface area contributed by atoms with Crippen molar-refractivity contribution in [2.75, 3.05) is 0 Å². The summed E-state index contributed by atoms with van der Waals surface area (Å²) in [6.45, 7) is 4.58. The molecule has 0 spiro atoms. The van der Waals surface area contributed by atoms with Crippen molar-refractivity contribution < 1.29 is 4.79 Å². The summed E-state index contributed by atoms with van der Waals surface area (Å²) in [4.78, 5) is 18.0. The predicted octanol–water partition coefficient (Wildman–Crippen LogP) is 2.61.